The van der Waals surface area contributed by atoms with Crippen molar-refractivity contribution in [3.8, 4) is 0 Å². The van der Waals surface area contributed by atoms with Crippen molar-refractivity contribution in [3.05, 3.63) is 57.9 Å². The third-order valence-electron chi connectivity index (χ3n) is 3.85. The maximum atomic E-state index is 12.4. The highest BCUT2D eigenvalue weighted by Gasteiger charge is 2.16. The first-order valence-electron chi connectivity index (χ1n) is 7.76. The summed E-state index contributed by atoms with van der Waals surface area (Å²) in [6, 6.07) is 6.34. The summed E-state index contributed by atoms with van der Waals surface area (Å²) in [5.41, 5.74) is 1.88. The number of nitrogens with zero attached hydrogens (tertiary/aromatic N) is 4. The van der Waals surface area contributed by atoms with Gasteiger partial charge in [0, 0.05) is 28.6 Å². The number of benzene rings is 1. The van der Waals surface area contributed by atoms with Crippen LogP contribution in [-0.2, 0) is 0 Å². The fourth-order valence-corrected chi connectivity index (χ4v) is 2.54. The largest absolute Gasteiger partial charge is 0.321 e. The van der Waals surface area contributed by atoms with E-state index in [0.717, 1.165) is 11.0 Å². The molecule has 2 aromatic heterocycles. The van der Waals surface area contributed by atoms with Gasteiger partial charge in [-0.15, -0.1) is 0 Å². The van der Waals surface area contributed by atoms with Crippen molar-refractivity contribution in [1.29, 1.82) is 0 Å². The fraction of sp³-hybridized carbons (Fsp3) is 0.235. The predicted octanol–water partition coefficient (Wildman–Crippen LogP) is 3.48. The van der Waals surface area contributed by atoms with E-state index in [0.29, 0.717) is 11.3 Å². The van der Waals surface area contributed by atoms with Crippen LogP contribution in [0.4, 0.5) is 11.4 Å². The van der Waals surface area contributed by atoms with Crippen molar-refractivity contribution in [3.63, 3.8) is 0 Å². The van der Waals surface area contributed by atoms with Crippen molar-refractivity contribution in [2.45, 2.75) is 26.8 Å². The van der Waals surface area contributed by atoms with Crippen molar-refractivity contribution < 1.29 is 9.72 Å². The predicted molar refractivity (Wildman–Crippen MR) is 93.7 cm³/mol. The van der Waals surface area contributed by atoms with Crippen LogP contribution in [0.1, 0.15) is 35.8 Å². The van der Waals surface area contributed by atoms with E-state index in [2.05, 4.69) is 15.4 Å². The molecule has 25 heavy (non-hydrogen) atoms. The van der Waals surface area contributed by atoms with Gasteiger partial charge in [0.1, 0.15) is 0 Å². The number of anilines is 1. The second-order valence-corrected chi connectivity index (χ2v) is 6.03. The highest BCUT2D eigenvalue weighted by molar-refractivity contribution is 6.05. The van der Waals surface area contributed by atoms with E-state index in [1.807, 2.05) is 13.8 Å². The van der Waals surface area contributed by atoms with Gasteiger partial charge >= 0.3 is 0 Å². The average Bonchev–Trinajstić information content (AvgIpc) is 2.98. The highest BCUT2D eigenvalue weighted by Crippen LogP contribution is 2.22. The van der Waals surface area contributed by atoms with Crippen LogP contribution < -0.4 is 5.32 Å². The number of nitrogens with one attached hydrogen (secondary N) is 1. The Labute approximate surface area is 143 Å². The Morgan fingerprint density at radius 3 is 2.72 bits per heavy atom. The number of aromatic nitrogens is 3. The summed E-state index contributed by atoms with van der Waals surface area (Å²) in [5, 5.41) is 18.8. The first-order valence-corrected chi connectivity index (χ1v) is 7.76. The zero-order valence-corrected chi connectivity index (χ0v) is 14.1. The van der Waals surface area contributed by atoms with Gasteiger partial charge in [0.2, 0.25) is 0 Å². The molecule has 1 amide bonds. The Morgan fingerprint density at radius 2 is 2.04 bits per heavy atom. The van der Waals surface area contributed by atoms with E-state index in [9.17, 15) is 14.9 Å². The standard InChI is InChI=1S/C17H17N5O3/c1-10(2)21-16-13(8-19-21)6-14(9-18-16)20-17(23)12-5-4-11(3)15(7-12)22(24)25/h4-10H,1-3H3,(H,20,23). The molecule has 0 aliphatic carbocycles. The number of rotatable bonds is 4. The average molecular weight is 339 g/mol. The number of hydrogen-bond donors (Lipinski definition) is 1. The van der Waals surface area contributed by atoms with Gasteiger partial charge < -0.3 is 5.32 Å². The van der Waals surface area contributed by atoms with Crippen molar-refractivity contribution in [2.24, 2.45) is 0 Å². The molecule has 0 spiro atoms. The van der Waals surface area contributed by atoms with Gasteiger partial charge in [-0.25, -0.2) is 9.67 Å². The maximum absolute atomic E-state index is 12.4. The van der Waals surface area contributed by atoms with Gasteiger partial charge in [-0.1, -0.05) is 6.07 Å². The molecule has 0 saturated carbocycles. The normalized spacial score (nSPS) is 11.0. The first-order chi connectivity index (χ1) is 11.9. The molecule has 8 heteroatoms. The lowest BCUT2D eigenvalue weighted by atomic mass is 10.1. The minimum atomic E-state index is -0.500. The molecule has 128 valence electrons. The van der Waals surface area contributed by atoms with Gasteiger partial charge in [0.05, 0.1) is 23.0 Å². The Hall–Kier alpha value is -3.29. The zero-order valence-electron chi connectivity index (χ0n) is 14.1. The third kappa shape index (κ3) is 3.18. The van der Waals surface area contributed by atoms with E-state index >= 15 is 0 Å². The van der Waals surface area contributed by atoms with Gasteiger partial charge in [-0.3, -0.25) is 14.9 Å². The summed E-state index contributed by atoms with van der Waals surface area (Å²) >= 11 is 0. The Kier molecular flexibility index (Phi) is 4.18. The van der Waals surface area contributed by atoms with Crippen LogP contribution in [0.25, 0.3) is 11.0 Å². The Balaban J connectivity index is 1.87. The van der Waals surface area contributed by atoms with Crippen LogP contribution in [-0.4, -0.2) is 25.6 Å². The van der Waals surface area contributed by atoms with Gasteiger partial charge in [0.15, 0.2) is 5.65 Å². The summed E-state index contributed by atoms with van der Waals surface area (Å²) in [7, 11) is 0. The lowest BCUT2D eigenvalue weighted by Crippen LogP contribution is -2.12. The van der Waals surface area contributed by atoms with E-state index < -0.39 is 10.8 Å². The molecule has 3 rings (SSSR count). The van der Waals surface area contributed by atoms with Gasteiger partial charge in [-0.05, 0) is 32.9 Å². The molecule has 0 aliphatic rings. The second-order valence-electron chi connectivity index (χ2n) is 6.03. The van der Waals surface area contributed by atoms with E-state index in [-0.39, 0.29) is 17.3 Å². The number of hydrogen-bond acceptors (Lipinski definition) is 5. The van der Waals surface area contributed by atoms with Crippen LogP contribution in [0.5, 0.6) is 0 Å². The number of amides is 1. The van der Waals surface area contributed by atoms with Crippen LogP contribution in [0, 0.1) is 17.0 Å². The number of fused-ring (bicyclic) bond motifs is 1. The lowest BCUT2D eigenvalue weighted by Gasteiger charge is -2.08. The van der Waals surface area contributed by atoms with Crippen LogP contribution in [0.15, 0.2) is 36.7 Å². The number of carbonyl (C=O) groups is 1. The SMILES string of the molecule is Cc1ccc(C(=O)Nc2cnc3c(cnn3C(C)C)c2)cc1[N+](=O)[O-]. The van der Waals surface area contributed by atoms with Crippen molar-refractivity contribution in [1.82, 2.24) is 14.8 Å². The second kappa shape index (κ2) is 6.31. The first kappa shape index (κ1) is 16.6. The fourth-order valence-electron chi connectivity index (χ4n) is 2.54. The molecule has 2 heterocycles. The molecule has 1 aromatic carbocycles. The summed E-state index contributed by atoms with van der Waals surface area (Å²) in [6.45, 7) is 5.65. The maximum Gasteiger partial charge on any atom is 0.273 e. The monoisotopic (exact) mass is 339 g/mol. The van der Waals surface area contributed by atoms with Crippen molar-refractivity contribution >= 4 is 28.3 Å². The summed E-state index contributed by atoms with van der Waals surface area (Å²) in [5.74, 6) is -0.430. The zero-order chi connectivity index (χ0) is 18.1. The molecule has 1 N–H and O–H groups in total. The smallest absolute Gasteiger partial charge is 0.273 e. The molecule has 0 radical (unpaired) electrons. The van der Waals surface area contributed by atoms with Crippen LogP contribution in [0.3, 0.4) is 0 Å². The quantitative estimate of drug-likeness (QED) is 0.579. The van der Waals surface area contributed by atoms with E-state index in [1.165, 1.54) is 6.07 Å². The molecular formula is C17H17N5O3. The Bertz CT molecular complexity index is 978. The van der Waals surface area contributed by atoms with E-state index in [4.69, 9.17) is 0 Å². The summed E-state index contributed by atoms with van der Waals surface area (Å²) in [6.07, 6.45) is 3.23. The molecule has 0 bridgehead atoms. The molecule has 0 unspecified atom stereocenters. The van der Waals surface area contributed by atoms with Gasteiger partial charge in [0.25, 0.3) is 11.6 Å². The molecule has 0 fully saturated rings. The molecule has 3 aromatic rings. The molecule has 0 aliphatic heterocycles. The third-order valence-corrected chi connectivity index (χ3v) is 3.85. The van der Waals surface area contributed by atoms with Crippen molar-refractivity contribution in [2.75, 3.05) is 5.32 Å². The topological polar surface area (TPSA) is 103 Å². The summed E-state index contributed by atoms with van der Waals surface area (Å²) < 4.78 is 1.80. The number of nitro benzene ring substituents is 1. The van der Waals surface area contributed by atoms with Gasteiger partial charge in [-0.2, -0.15) is 5.10 Å². The number of nitro groups is 1. The lowest BCUT2D eigenvalue weighted by molar-refractivity contribution is -0.385. The molecule has 0 saturated heterocycles. The van der Waals surface area contributed by atoms with Crippen LogP contribution >= 0.6 is 0 Å². The highest BCUT2D eigenvalue weighted by atomic mass is 16.6. The molecule has 8 nitrogen and oxygen atoms in total. The number of aryl methyl sites for hydroxylation is 1. The molecular weight excluding hydrogens is 322 g/mol. The summed E-state index contributed by atoms with van der Waals surface area (Å²) in [4.78, 5) is 27.2. The number of carbonyl (C=O) groups excluding carboxylic acids is 1. The molecule has 0 atom stereocenters. The Morgan fingerprint density at radius 1 is 1.28 bits per heavy atom. The minimum Gasteiger partial charge on any atom is -0.321 e. The van der Waals surface area contributed by atoms with E-state index in [1.54, 1.807) is 42.2 Å². The van der Waals surface area contributed by atoms with Crippen LogP contribution in [0.2, 0.25) is 0 Å². The minimum absolute atomic E-state index is 0.0839. The number of pyridine rings is 1.